The van der Waals surface area contributed by atoms with Crippen molar-refractivity contribution in [2.45, 2.75) is 6.18 Å². The molecule has 30 heavy (non-hydrogen) atoms. The van der Waals surface area contributed by atoms with Crippen molar-refractivity contribution in [1.29, 1.82) is 0 Å². The van der Waals surface area contributed by atoms with Crippen LogP contribution >= 0.6 is 11.3 Å². The van der Waals surface area contributed by atoms with Crippen LogP contribution in [-0.4, -0.2) is 17.2 Å². The number of phenols is 1. The first-order chi connectivity index (χ1) is 14.2. The predicted molar refractivity (Wildman–Crippen MR) is 114 cm³/mol. The van der Waals surface area contributed by atoms with Crippen LogP contribution in [0.25, 0.3) is 20.8 Å². The zero-order valence-corrected chi connectivity index (χ0v) is 16.6. The summed E-state index contributed by atoms with van der Waals surface area (Å²) in [5.74, 6) is 0.260. The zero-order valence-electron chi connectivity index (χ0n) is 15.8. The molecule has 0 aliphatic carbocycles. The summed E-state index contributed by atoms with van der Waals surface area (Å²) in [6.45, 7) is 0. The number of hydrogen-bond acceptors (Lipinski definition) is 6. The smallest absolute Gasteiger partial charge is 0.416 e. The third-order valence-corrected chi connectivity index (χ3v) is 5.19. The van der Waals surface area contributed by atoms with Gasteiger partial charge < -0.3 is 21.3 Å². The van der Waals surface area contributed by atoms with Crippen molar-refractivity contribution < 1.29 is 23.0 Å². The first kappa shape index (κ1) is 21.3. The van der Waals surface area contributed by atoms with E-state index in [2.05, 4.69) is 11.1 Å². The molecule has 9 heteroatoms. The number of hydrogen-bond donors (Lipinski definition) is 3. The monoisotopic (exact) mass is 433 g/mol. The third kappa shape index (κ3) is 4.74. The molecule has 5 nitrogen and oxygen atoms in total. The van der Waals surface area contributed by atoms with Crippen molar-refractivity contribution >= 4 is 32.9 Å². The van der Waals surface area contributed by atoms with E-state index in [0.29, 0.717) is 6.07 Å². The number of ether oxygens (including phenoxy) is 1. The van der Waals surface area contributed by atoms with Gasteiger partial charge in [-0.1, -0.05) is 6.07 Å². The highest BCUT2D eigenvalue weighted by atomic mass is 32.1. The quantitative estimate of drug-likeness (QED) is 0.285. The van der Waals surface area contributed by atoms with E-state index in [1.807, 2.05) is 36.4 Å². The van der Waals surface area contributed by atoms with Crippen molar-refractivity contribution in [3.05, 3.63) is 66.2 Å². The lowest BCUT2D eigenvalue weighted by molar-refractivity contribution is -0.137. The van der Waals surface area contributed by atoms with Crippen LogP contribution in [0.3, 0.4) is 0 Å². The average Bonchev–Trinajstić information content (AvgIpc) is 3.14. The number of methoxy groups -OCH3 is 1. The molecule has 0 unspecified atom stereocenters. The predicted octanol–water partition coefficient (Wildman–Crippen LogP) is 5.55. The van der Waals surface area contributed by atoms with Gasteiger partial charge in [0.15, 0.2) is 0 Å². The van der Waals surface area contributed by atoms with Gasteiger partial charge in [-0.25, -0.2) is 4.98 Å². The summed E-state index contributed by atoms with van der Waals surface area (Å²) in [5.41, 5.74) is 12.6. The molecule has 4 aromatic rings. The Bertz CT molecular complexity index is 1160. The Morgan fingerprint density at radius 3 is 2.30 bits per heavy atom. The fraction of sp³-hybridized carbons (Fsp3) is 0.0952. The normalized spacial score (nSPS) is 11.1. The van der Waals surface area contributed by atoms with Crippen molar-refractivity contribution in [1.82, 2.24) is 4.98 Å². The standard InChI is InChI=1S/C14H12N2OS.C7H6F3NO/c1-17-11-3-2-4-12-13(11)16-14(18-12)9-5-7-10(15)8-6-9;8-7(9,10)4-1-2-5(11)6(12)3-4/h2-8H,15H2,1H3;1-3,12H,11H2. The number of rotatable bonds is 2. The number of phenolic OH excluding ortho intramolecular Hbond substituents is 1. The van der Waals surface area contributed by atoms with Crippen LogP contribution < -0.4 is 16.2 Å². The Kier molecular flexibility index (Phi) is 6.02. The van der Waals surface area contributed by atoms with Gasteiger partial charge in [0.2, 0.25) is 0 Å². The summed E-state index contributed by atoms with van der Waals surface area (Å²) in [6, 6.07) is 16.1. The number of halogens is 3. The summed E-state index contributed by atoms with van der Waals surface area (Å²) in [7, 11) is 1.66. The van der Waals surface area contributed by atoms with Gasteiger partial charge >= 0.3 is 6.18 Å². The molecule has 0 atom stereocenters. The second-order valence-corrected chi connectivity index (χ2v) is 7.25. The molecule has 0 aliphatic rings. The van der Waals surface area contributed by atoms with Crippen LogP contribution in [0.5, 0.6) is 11.5 Å². The summed E-state index contributed by atoms with van der Waals surface area (Å²) < 4.78 is 42.3. The second-order valence-electron chi connectivity index (χ2n) is 6.22. The molecule has 5 N–H and O–H groups in total. The Labute approximate surface area is 174 Å². The number of benzene rings is 3. The van der Waals surface area contributed by atoms with Crippen molar-refractivity contribution in [2.75, 3.05) is 18.6 Å². The fourth-order valence-corrected chi connectivity index (χ4v) is 3.55. The number of anilines is 2. The fourth-order valence-electron chi connectivity index (χ4n) is 2.56. The molecular formula is C21H18F3N3O2S. The highest BCUT2D eigenvalue weighted by molar-refractivity contribution is 7.21. The molecule has 0 fully saturated rings. The Morgan fingerprint density at radius 2 is 1.70 bits per heavy atom. The van der Waals surface area contributed by atoms with Crippen LogP contribution in [0.2, 0.25) is 0 Å². The first-order valence-electron chi connectivity index (χ1n) is 8.64. The maximum atomic E-state index is 11.9. The van der Waals surface area contributed by atoms with Gasteiger partial charge in [0, 0.05) is 11.3 Å². The largest absolute Gasteiger partial charge is 0.506 e. The van der Waals surface area contributed by atoms with Crippen molar-refractivity contribution in [3.8, 4) is 22.1 Å². The zero-order chi connectivity index (χ0) is 21.9. The van der Waals surface area contributed by atoms with E-state index in [1.165, 1.54) is 0 Å². The van der Waals surface area contributed by atoms with Gasteiger partial charge in [-0.2, -0.15) is 13.2 Å². The molecule has 0 amide bonds. The van der Waals surface area contributed by atoms with E-state index in [0.717, 1.165) is 44.4 Å². The molecule has 4 rings (SSSR count). The van der Waals surface area contributed by atoms with E-state index < -0.39 is 17.5 Å². The van der Waals surface area contributed by atoms with Crippen LogP contribution in [0.4, 0.5) is 24.5 Å². The molecule has 1 heterocycles. The average molecular weight is 433 g/mol. The topological polar surface area (TPSA) is 94.4 Å². The number of aromatic nitrogens is 1. The van der Waals surface area contributed by atoms with Gasteiger partial charge in [-0.05, 0) is 54.6 Å². The van der Waals surface area contributed by atoms with Crippen molar-refractivity contribution in [2.24, 2.45) is 0 Å². The summed E-state index contributed by atoms with van der Waals surface area (Å²) in [4.78, 5) is 4.64. The van der Waals surface area contributed by atoms with Crippen molar-refractivity contribution in [3.63, 3.8) is 0 Å². The van der Waals surface area contributed by atoms with E-state index in [9.17, 15) is 13.2 Å². The van der Waals surface area contributed by atoms with Gasteiger partial charge in [0.25, 0.3) is 0 Å². The van der Waals surface area contributed by atoms with Crippen LogP contribution in [-0.2, 0) is 6.18 Å². The minimum atomic E-state index is -4.44. The summed E-state index contributed by atoms with van der Waals surface area (Å²) in [6.07, 6.45) is -4.44. The Hall–Kier alpha value is -3.46. The molecule has 0 saturated carbocycles. The maximum Gasteiger partial charge on any atom is 0.416 e. The number of nitrogens with two attached hydrogens (primary N) is 2. The van der Waals surface area contributed by atoms with Gasteiger partial charge in [-0.3, -0.25) is 0 Å². The first-order valence-corrected chi connectivity index (χ1v) is 9.46. The van der Waals surface area contributed by atoms with E-state index in [1.54, 1.807) is 18.4 Å². The van der Waals surface area contributed by atoms with E-state index >= 15 is 0 Å². The molecule has 0 bridgehead atoms. The van der Waals surface area contributed by atoms with Crippen LogP contribution in [0, 0.1) is 0 Å². The molecule has 156 valence electrons. The SMILES string of the molecule is COc1cccc2sc(-c3ccc(N)cc3)nc12.Nc1ccc(C(F)(F)F)cc1O. The number of aromatic hydroxyl groups is 1. The summed E-state index contributed by atoms with van der Waals surface area (Å²) >= 11 is 1.65. The maximum absolute atomic E-state index is 11.9. The molecular weight excluding hydrogens is 415 g/mol. The minimum Gasteiger partial charge on any atom is -0.506 e. The van der Waals surface area contributed by atoms with Gasteiger partial charge in [0.1, 0.15) is 22.0 Å². The van der Waals surface area contributed by atoms with E-state index in [4.69, 9.17) is 21.3 Å². The number of alkyl halides is 3. The summed E-state index contributed by atoms with van der Waals surface area (Å²) in [5, 5.41) is 9.82. The molecule has 0 radical (unpaired) electrons. The molecule has 0 aliphatic heterocycles. The number of nitrogen functional groups attached to an aromatic ring is 2. The second kappa shape index (κ2) is 8.50. The number of nitrogens with zero attached hydrogens (tertiary/aromatic N) is 1. The van der Waals surface area contributed by atoms with Crippen LogP contribution in [0.15, 0.2) is 60.7 Å². The lowest BCUT2D eigenvalue weighted by atomic mass is 10.2. The number of para-hydroxylation sites is 1. The lowest BCUT2D eigenvalue weighted by Crippen LogP contribution is -2.04. The molecule has 0 saturated heterocycles. The molecule has 0 spiro atoms. The number of thiazole rings is 1. The highest BCUT2D eigenvalue weighted by Crippen LogP contribution is 2.35. The Morgan fingerprint density at radius 1 is 1.00 bits per heavy atom. The number of fused-ring (bicyclic) bond motifs is 1. The third-order valence-electron chi connectivity index (χ3n) is 4.12. The van der Waals surface area contributed by atoms with Gasteiger partial charge in [-0.15, -0.1) is 11.3 Å². The Balaban J connectivity index is 0.000000187. The molecule has 3 aromatic carbocycles. The molecule has 1 aromatic heterocycles. The van der Waals surface area contributed by atoms with E-state index in [-0.39, 0.29) is 5.69 Å². The lowest BCUT2D eigenvalue weighted by Gasteiger charge is -2.07. The van der Waals surface area contributed by atoms with Gasteiger partial charge in [0.05, 0.1) is 23.1 Å². The van der Waals surface area contributed by atoms with Crippen LogP contribution in [0.1, 0.15) is 5.56 Å². The highest BCUT2D eigenvalue weighted by Gasteiger charge is 2.30. The minimum absolute atomic E-state index is 0.0667.